The van der Waals surface area contributed by atoms with Crippen LogP contribution in [0.2, 0.25) is 0 Å². The first-order chi connectivity index (χ1) is 16.0. The van der Waals surface area contributed by atoms with Crippen molar-refractivity contribution in [3.8, 4) is 11.3 Å². The zero-order valence-electron chi connectivity index (χ0n) is 19.5. The lowest BCUT2D eigenvalue weighted by Crippen LogP contribution is -2.35. The topological polar surface area (TPSA) is 54.7 Å². The highest BCUT2D eigenvalue weighted by molar-refractivity contribution is 7.89. The number of hydrogen-bond acceptors (Lipinski definition) is 4. The molecule has 0 spiro atoms. The van der Waals surface area contributed by atoms with Gasteiger partial charge in [0.05, 0.1) is 16.3 Å². The average Bonchev–Trinajstić information content (AvgIpc) is 3.23. The van der Waals surface area contributed by atoms with E-state index < -0.39 is 10.0 Å². The molecule has 1 aromatic heterocycles. The van der Waals surface area contributed by atoms with Crippen molar-refractivity contribution < 1.29 is 8.42 Å². The molecule has 1 fully saturated rings. The maximum Gasteiger partial charge on any atom is 0.243 e. The standard InChI is InChI=1S/C26H33N3O2S2/c1-3-4-6-19-29-25(20-32-26(29)27-23-13-9-21(2)10-14-23)22-11-15-24(16-12-22)33(30,31)28-17-7-5-8-18-28/h9-16,20H,3-8,17-19H2,1-2H3. The largest absolute Gasteiger partial charge is 0.316 e. The maximum absolute atomic E-state index is 13.0. The van der Waals surface area contributed by atoms with Crippen molar-refractivity contribution in [2.75, 3.05) is 13.1 Å². The molecule has 0 unspecified atom stereocenters. The van der Waals surface area contributed by atoms with Crippen LogP contribution >= 0.6 is 11.3 Å². The van der Waals surface area contributed by atoms with Crippen LogP contribution in [-0.2, 0) is 16.6 Å². The zero-order chi connectivity index (χ0) is 23.3. The number of aryl methyl sites for hydroxylation is 1. The third-order valence-electron chi connectivity index (χ3n) is 6.14. The Morgan fingerprint density at radius 1 is 0.939 bits per heavy atom. The van der Waals surface area contributed by atoms with Crippen molar-refractivity contribution in [2.45, 2.75) is 63.8 Å². The number of unbranched alkanes of at least 4 members (excludes halogenated alkanes) is 2. The Morgan fingerprint density at radius 2 is 1.64 bits per heavy atom. The molecule has 2 aromatic carbocycles. The highest BCUT2D eigenvalue weighted by atomic mass is 32.2. The van der Waals surface area contributed by atoms with E-state index in [4.69, 9.17) is 4.99 Å². The molecule has 0 amide bonds. The second-order valence-electron chi connectivity index (χ2n) is 8.70. The molecule has 0 atom stereocenters. The Morgan fingerprint density at radius 3 is 2.30 bits per heavy atom. The number of piperidine rings is 1. The Labute approximate surface area is 201 Å². The number of rotatable bonds is 8. The molecule has 0 radical (unpaired) electrons. The Bertz CT molecular complexity index is 1220. The number of sulfonamides is 1. The van der Waals surface area contributed by atoms with Crippen LogP contribution in [0.25, 0.3) is 11.3 Å². The van der Waals surface area contributed by atoms with Crippen LogP contribution in [0.1, 0.15) is 51.0 Å². The van der Waals surface area contributed by atoms with Crippen LogP contribution < -0.4 is 4.80 Å². The Balaban J connectivity index is 1.66. The van der Waals surface area contributed by atoms with Crippen molar-refractivity contribution in [3.05, 3.63) is 64.3 Å². The summed E-state index contributed by atoms with van der Waals surface area (Å²) >= 11 is 1.63. The summed E-state index contributed by atoms with van der Waals surface area (Å²) in [5.41, 5.74) is 4.27. The van der Waals surface area contributed by atoms with Gasteiger partial charge in [-0.05, 0) is 56.0 Å². The lowest BCUT2D eigenvalue weighted by atomic mass is 10.1. The minimum absolute atomic E-state index is 0.380. The molecule has 1 aliphatic heterocycles. The lowest BCUT2D eigenvalue weighted by molar-refractivity contribution is 0.346. The molecule has 5 nitrogen and oxygen atoms in total. The van der Waals surface area contributed by atoms with E-state index in [2.05, 4.69) is 35.9 Å². The minimum Gasteiger partial charge on any atom is -0.316 e. The summed E-state index contributed by atoms with van der Waals surface area (Å²) in [6.45, 7) is 6.42. The lowest BCUT2D eigenvalue weighted by Gasteiger charge is -2.25. The first-order valence-corrected chi connectivity index (χ1v) is 14.2. The molecule has 1 saturated heterocycles. The van der Waals surface area contributed by atoms with Gasteiger partial charge in [0.25, 0.3) is 0 Å². The SMILES string of the molecule is CCCCCn1c(-c2ccc(S(=O)(=O)N3CCCCC3)cc2)csc1=Nc1ccc(C)cc1. The van der Waals surface area contributed by atoms with E-state index in [0.717, 1.165) is 60.4 Å². The summed E-state index contributed by atoms with van der Waals surface area (Å²) in [4.78, 5) is 6.25. The molecule has 0 bridgehead atoms. The van der Waals surface area contributed by atoms with Gasteiger partial charge in [-0.25, -0.2) is 13.4 Å². The van der Waals surface area contributed by atoms with Gasteiger partial charge in [0, 0.05) is 25.0 Å². The van der Waals surface area contributed by atoms with Gasteiger partial charge in [0.15, 0.2) is 4.80 Å². The second-order valence-corrected chi connectivity index (χ2v) is 11.5. The first kappa shape index (κ1) is 23.9. The summed E-state index contributed by atoms with van der Waals surface area (Å²) in [6.07, 6.45) is 6.40. The molecule has 1 aliphatic rings. The summed E-state index contributed by atoms with van der Waals surface area (Å²) in [6, 6.07) is 15.6. The third-order valence-corrected chi connectivity index (χ3v) is 8.92. The maximum atomic E-state index is 13.0. The number of benzene rings is 2. The predicted octanol–water partition coefficient (Wildman–Crippen LogP) is 6.12. The van der Waals surface area contributed by atoms with Crippen LogP contribution in [-0.4, -0.2) is 30.4 Å². The van der Waals surface area contributed by atoms with Crippen molar-refractivity contribution in [1.82, 2.24) is 8.87 Å². The van der Waals surface area contributed by atoms with Gasteiger partial charge >= 0.3 is 0 Å². The molecule has 176 valence electrons. The van der Waals surface area contributed by atoms with Crippen LogP contribution in [0.4, 0.5) is 5.69 Å². The van der Waals surface area contributed by atoms with Crippen molar-refractivity contribution in [2.24, 2.45) is 4.99 Å². The molecule has 0 aliphatic carbocycles. The monoisotopic (exact) mass is 483 g/mol. The molecule has 3 aromatic rings. The number of nitrogens with zero attached hydrogens (tertiary/aromatic N) is 3. The number of hydrogen-bond donors (Lipinski definition) is 0. The van der Waals surface area contributed by atoms with Crippen molar-refractivity contribution in [3.63, 3.8) is 0 Å². The summed E-state index contributed by atoms with van der Waals surface area (Å²) in [5.74, 6) is 0. The predicted molar refractivity (Wildman–Crippen MR) is 136 cm³/mol. The van der Waals surface area contributed by atoms with E-state index in [9.17, 15) is 8.42 Å². The smallest absolute Gasteiger partial charge is 0.243 e. The Kier molecular flexibility index (Phi) is 7.83. The average molecular weight is 484 g/mol. The highest BCUT2D eigenvalue weighted by Crippen LogP contribution is 2.26. The fraction of sp³-hybridized carbons (Fsp3) is 0.423. The van der Waals surface area contributed by atoms with E-state index in [1.807, 2.05) is 24.3 Å². The van der Waals surface area contributed by atoms with E-state index in [1.165, 1.54) is 12.0 Å². The van der Waals surface area contributed by atoms with Gasteiger partial charge in [0.1, 0.15) is 0 Å². The second kappa shape index (κ2) is 10.8. The highest BCUT2D eigenvalue weighted by Gasteiger charge is 2.25. The molecule has 4 rings (SSSR count). The zero-order valence-corrected chi connectivity index (χ0v) is 21.2. The normalized spacial score (nSPS) is 15.8. The summed E-state index contributed by atoms with van der Waals surface area (Å²) in [7, 11) is -3.42. The van der Waals surface area contributed by atoms with Gasteiger partial charge in [-0.1, -0.05) is 56.0 Å². The van der Waals surface area contributed by atoms with Crippen LogP contribution in [0.5, 0.6) is 0 Å². The van der Waals surface area contributed by atoms with Crippen molar-refractivity contribution >= 4 is 27.0 Å². The fourth-order valence-corrected chi connectivity index (χ4v) is 6.64. The quantitative estimate of drug-likeness (QED) is 0.362. The number of aromatic nitrogens is 1. The minimum atomic E-state index is -3.42. The van der Waals surface area contributed by atoms with Crippen LogP contribution in [0.15, 0.2) is 63.8 Å². The molecule has 33 heavy (non-hydrogen) atoms. The third kappa shape index (κ3) is 5.65. The van der Waals surface area contributed by atoms with Gasteiger partial charge in [-0.15, -0.1) is 11.3 Å². The van der Waals surface area contributed by atoms with E-state index in [1.54, 1.807) is 27.8 Å². The van der Waals surface area contributed by atoms with Crippen LogP contribution in [0, 0.1) is 6.92 Å². The summed E-state index contributed by atoms with van der Waals surface area (Å²) < 4.78 is 29.9. The molecule has 2 heterocycles. The van der Waals surface area contributed by atoms with Gasteiger partial charge in [-0.2, -0.15) is 4.31 Å². The van der Waals surface area contributed by atoms with E-state index in [-0.39, 0.29) is 0 Å². The summed E-state index contributed by atoms with van der Waals surface area (Å²) in [5, 5.41) is 2.13. The molecular formula is C26H33N3O2S2. The number of thiazole rings is 1. The van der Waals surface area contributed by atoms with Crippen molar-refractivity contribution in [1.29, 1.82) is 0 Å². The van der Waals surface area contributed by atoms with Crippen LogP contribution in [0.3, 0.4) is 0 Å². The van der Waals surface area contributed by atoms with E-state index >= 15 is 0 Å². The van der Waals surface area contributed by atoms with Gasteiger partial charge in [0.2, 0.25) is 10.0 Å². The molecular weight excluding hydrogens is 450 g/mol. The fourth-order valence-electron chi connectivity index (χ4n) is 4.17. The molecule has 0 N–H and O–H groups in total. The van der Waals surface area contributed by atoms with Gasteiger partial charge in [-0.3, -0.25) is 0 Å². The van der Waals surface area contributed by atoms with Gasteiger partial charge < -0.3 is 4.57 Å². The molecule has 7 heteroatoms. The van der Waals surface area contributed by atoms with E-state index in [0.29, 0.717) is 18.0 Å². The first-order valence-electron chi connectivity index (χ1n) is 11.9. The molecule has 0 saturated carbocycles. The Hall–Kier alpha value is -2.22.